The number of anilines is 1. The molecule has 0 spiro atoms. The first-order valence-corrected chi connectivity index (χ1v) is 12.6. The second-order valence-electron chi connectivity index (χ2n) is 9.82. The number of hydrogen-bond donors (Lipinski definition) is 1. The highest BCUT2D eigenvalue weighted by atomic mass is 32.2. The van der Waals surface area contributed by atoms with Crippen LogP contribution in [0, 0.1) is 17.8 Å². The molecule has 166 valence electrons. The van der Waals surface area contributed by atoms with Crippen molar-refractivity contribution in [3.05, 3.63) is 17.5 Å². The molecule has 4 bridgehead atoms. The van der Waals surface area contributed by atoms with Crippen LogP contribution in [0.2, 0.25) is 0 Å². The van der Waals surface area contributed by atoms with Crippen molar-refractivity contribution >= 4 is 15.8 Å². The van der Waals surface area contributed by atoms with Crippen molar-refractivity contribution in [1.29, 1.82) is 0 Å². The lowest BCUT2D eigenvalue weighted by molar-refractivity contribution is -0.142. The van der Waals surface area contributed by atoms with Crippen LogP contribution in [0.3, 0.4) is 0 Å². The summed E-state index contributed by atoms with van der Waals surface area (Å²) in [5.41, 5.74) is -1.09. The van der Waals surface area contributed by atoms with E-state index in [9.17, 15) is 21.6 Å². The molecule has 0 unspecified atom stereocenters. The minimum Gasteiger partial charge on any atom is -0.349 e. The van der Waals surface area contributed by atoms with Crippen LogP contribution < -0.4 is 5.32 Å². The number of sulfone groups is 1. The van der Waals surface area contributed by atoms with Gasteiger partial charge in [0.25, 0.3) is 0 Å². The molecule has 0 atom stereocenters. The van der Waals surface area contributed by atoms with Crippen molar-refractivity contribution in [3.8, 4) is 0 Å². The van der Waals surface area contributed by atoms with Crippen molar-refractivity contribution in [2.45, 2.75) is 56.8 Å². The number of nitrogens with zero attached hydrogens (tertiary/aromatic N) is 3. The van der Waals surface area contributed by atoms with Gasteiger partial charge in [-0.1, -0.05) is 0 Å². The molecule has 4 aliphatic carbocycles. The summed E-state index contributed by atoms with van der Waals surface area (Å²) in [6.07, 6.45) is 3.41. The molecule has 30 heavy (non-hydrogen) atoms. The zero-order valence-corrected chi connectivity index (χ0v) is 17.6. The molecule has 5 fully saturated rings. The summed E-state index contributed by atoms with van der Waals surface area (Å²) in [4.78, 5) is 9.90. The summed E-state index contributed by atoms with van der Waals surface area (Å²) in [5.74, 6) is 2.01. The SMILES string of the molecule is O=S1(=O)CCN(Cc2cnc(NC34CC5CC(CC(C5)C3)C4)nc2C(F)(F)F)CC1. The molecule has 0 radical (unpaired) electrons. The lowest BCUT2D eigenvalue weighted by Crippen LogP contribution is -2.55. The molecule has 6 rings (SSSR count). The standard InChI is InChI=1S/C20H27F3N4O2S/c21-20(22,23)17-16(12-27-1-3-30(28,29)4-2-27)11-24-18(25-17)26-19-8-13-5-14(9-19)7-15(6-13)10-19/h11,13-15H,1-10,12H2,(H,24,25,26). The average Bonchev–Trinajstić information content (AvgIpc) is 2.62. The van der Waals surface area contributed by atoms with Gasteiger partial charge >= 0.3 is 6.18 Å². The zero-order chi connectivity index (χ0) is 21.1. The Morgan fingerprint density at radius 2 is 1.63 bits per heavy atom. The molecule has 1 N–H and O–H groups in total. The number of alkyl halides is 3. The Bertz CT molecular complexity index is 885. The molecule has 10 heteroatoms. The van der Waals surface area contributed by atoms with E-state index in [2.05, 4.69) is 15.3 Å². The molecule has 5 aliphatic rings. The fraction of sp³-hybridized carbons (Fsp3) is 0.800. The Kier molecular flexibility index (Phi) is 4.81. The Morgan fingerprint density at radius 1 is 1.07 bits per heavy atom. The van der Waals surface area contributed by atoms with E-state index in [1.165, 1.54) is 25.5 Å². The third-order valence-electron chi connectivity index (χ3n) is 7.38. The van der Waals surface area contributed by atoms with Crippen LogP contribution in [0.25, 0.3) is 0 Å². The molecule has 4 saturated carbocycles. The van der Waals surface area contributed by atoms with Gasteiger partial charge in [-0.15, -0.1) is 0 Å². The zero-order valence-electron chi connectivity index (χ0n) is 16.8. The maximum Gasteiger partial charge on any atom is 0.433 e. The van der Waals surface area contributed by atoms with E-state index in [1.54, 1.807) is 4.90 Å². The summed E-state index contributed by atoms with van der Waals surface area (Å²) in [5, 5.41) is 3.33. The van der Waals surface area contributed by atoms with Gasteiger partial charge in [0, 0.05) is 36.9 Å². The highest BCUT2D eigenvalue weighted by molar-refractivity contribution is 7.91. The molecule has 2 heterocycles. The number of aromatic nitrogens is 2. The van der Waals surface area contributed by atoms with Crippen LogP contribution in [0.1, 0.15) is 49.8 Å². The molecular weight excluding hydrogens is 417 g/mol. The van der Waals surface area contributed by atoms with Gasteiger partial charge < -0.3 is 5.32 Å². The maximum absolute atomic E-state index is 13.8. The van der Waals surface area contributed by atoms with Crippen molar-refractivity contribution < 1.29 is 21.6 Å². The number of halogens is 3. The minimum atomic E-state index is -4.59. The molecule has 0 aromatic carbocycles. The minimum absolute atomic E-state index is 0.00198. The first kappa shape index (κ1) is 20.5. The van der Waals surface area contributed by atoms with Crippen molar-refractivity contribution in [2.75, 3.05) is 29.9 Å². The van der Waals surface area contributed by atoms with Gasteiger partial charge in [0.05, 0.1) is 11.5 Å². The second-order valence-corrected chi connectivity index (χ2v) is 12.1. The lowest BCUT2D eigenvalue weighted by Gasteiger charge is -2.56. The van der Waals surface area contributed by atoms with Crippen LogP contribution >= 0.6 is 0 Å². The summed E-state index contributed by atoms with van der Waals surface area (Å²) in [6, 6.07) is 0. The van der Waals surface area contributed by atoms with Gasteiger partial charge in [0.2, 0.25) is 5.95 Å². The molecule has 6 nitrogen and oxygen atoms in total. The monoisotopic (exact) mass is 444 g/mol. The average molecular weight is 445 g/mol. The molecule has 1 aliphatic heterocycles. The van der Waals surface area contributed by atoms with Crippen LogP contribution in [0.15, 0.2) is 6.20 Å². The number of rotatable bonds is 4. The Morgan fingerprint density at radius 3 is 2.17 bits per heavy atom. The van der Waals surface area contributed by atoms with E-state index in [4.69, 9.17) is 0 Å². The largest absolute Gasteiger partial charge is 0.433 e. The molecule has 1 saturated heterocycles. The van der Waals surface area contributed by atoms with Gasteiger partial charge in [-0.05, 0) is 56.3 Å². The van der Waals surface area contributed by atoms with Crippen LogP contribution in [0.5, 0.6) is 0 Å². The summed E-state index contributed by atoms with van der Waals surface area (Å²) >= 11 is 0. The van der Waals surface area contributed by atoms with Crippen LogP contribution in [0.4, 0.5) is 19.1 Å². The quantitative estimate of drug-likeness (QED) is 0.769. The first-order chi connectivity index (χ1) is 14.1. The molecular formula is C20H27F3N4O2S. The first-order valence-electron chi connectivity index (χ1n) is 10.7. The molecule has 1 aromatic rings. The predicted molar refractivity (Wildman–Crippen MR) is 105 cm³/mol. The van der Waals surface area contributed by atoms with E-state index in [0.717, 1.165) is 19.3 Å². The van der Waals surface area contributed by atoms with E-state index in [1.807, 2.05) is 0 Å². The summed E-state index contributed by atoms with van der Waals surface area (Å²) in [6.45, 7) is 0.460. The maximum atomic E-state index is 13.8. The number of nitrogens with one attached hydrogen (secondary N) is 1. The highest BCUT2D eigenvalue weighted by Crippen LogP contribution is 2.56. The predicted octanol–water partition coefficient (Wildman–Crippen LogP) is 3.11. The topological polar surface area (TPSA) is 75.2 Å². The van der Waals surface area contributed by atoms with Crippen LogP contribution in [-0.4, -0.2) is 53.4 Å². The van der Waals surface area contributed by atoms with E-state index in [0.29, 0.717) is 17.8 Å². The summed E-state index contributed by atoms with van der Waals surface area (Å²) < 4.78 is 64.5. The lowest BCUT2D eigenvalue weighted by atomic mass is 9.53. The van der Waals surface area contributed by atoms with Gasteiger partial charge in [-0.3, -0.25) is 4.90 Å². The smallest absolute Gasteiger partial charge is 0.349 e. The summed E-state index contributed by atoms with van der Waals surface area (Å²) in [7, 11) is -3.08. The van der Waals surface area contributed by atoms with E-state index >= 15 is 0 Å². The van der Waals surface area contributed by atoms with E-state index < -0.39 is 21.7 Å². The van der Waals surface area contributed by atoms with Gasteiger partial charge in [-0.25, -0.2) is 18.4 Å². The van der Waals surface area contributed by atoms with E-state index in [-0.39, 0.29) is 48.2 Å². The van der Waals surface area contributed by atoms with Crippen molar-refractivity contribution in [1.82, 2.24) is 14.9 Å². The fourth-order valence-corrected chi connectivity index (χ4v) is 7.76. The van der Waals surface area contributed by atoms with Gasteiger partial charge in [0.1, 0.15) is 0 Å². The van der Waals surface area contributed by atoms with Crippen LogP contribution in [-0.2, 0) is 22.6 Å². The van der Waals surface area contributed by atoms with Gasteiger partial charge in [-0.2, -0.15) is 13.2 Å². The Labute approximate surface area is 174 Å². The Hall–Kier alpha value is -1.42. The Balaban J connectivity index is 1.36. The third-order valence-corrected chi connectivity index (χ3v) is 8.99. The molecule has 0 amide bonds. The number of hydrogen-bond acceptors (Lipinski definition) is 6. The fourth-order valence-electron chi connectivity index (χ4n) is 6.48. The third kappa shape index (κ3) is 4.04. The van der Waals surface area contributed by atoms with Crippen molar-refractivity contribution in [3.63, 3.8) is 0 Å². The van der Waals surface area contributed by atoms with Crippen molar-refractivity contribution in [2.24, 2.45) is 17.8 Å². The highest BCUT2D eigenvalue weighted by Gasteiger charge is 2.51. The molecule has 1 aromatic heterocycles. The normalized spacial score (nSPS) is 35.5. The van der Waals surface area contributed by atoms with Gasteiger partial charge in [0.15, 0.2) is 15.5 Å². The second kappa shape index (κ2) is 7.05.